The van der Waals surface area contributed by atoms with Gasteiger partial charge in [0, 0.05) is 12.4 Å². The van der Waals surface area contributed by atoms with Gasteiger partial charge in [0.2, 0.25) is 0 Å². The number of hydrogen-bond donors (Lipinski definition) is 1. The average molecular weight is 234 g/mol. The second-order valence-electron chi connectivity index (χ2n) is 5.98. The lowest BCUT2D eigenvalue weighted by Gasteiger charge is -2.25. The summed E-state index contributed by atoms with van der Waals surface area (Å²) in [5.74, 6) is 0.721. The van der Waals surface area contributed by atoms with E-state index in [1.165, 1.54) is 11.1 Å². The third-order valence-electron chi connectivity index (χ3n) is 3.14. The normalized spacial score (nSPS) is 12.1. The van der Waals surface area contributed by atoms with E-state index in [0.717, 1.165) is 25.4 Å². The van der Waals surface area contributed by atoms with Crippen molar-refractivity contribution in [2.45, 2.75) is 46.5 Å². The standard InChI is InChI=1S/C15H26N2/c1-12(2)9-16-7-6-15(4,5)14-8-13(3)10-17-11-14/h8,10-12,16H,6-7,9H2,1-5H3. The summed E-state index contributed by atoms with van der Waals surface area (Å²) in [5, 5.41) is 3.50. The summed E-state index contributed by atoms with van der Waals surface area (Å²) in [6, 6.07) is 2.25. The molecular weight excluding hydrogens is 208 g/mol. The lowest BCUT2D eigenvalue weighted by molar-refractivity contribution is 0.441. The van der Waals surface area contributed by atoms with Gasteiger partial charge in [-0.2, -0.15) is 0 Å². The van der Waals surface area contributed by atoms with E-state index in [0.29, 0.717) is 0 Å². The van der Waals surface area contributed by atoms with Gasteiger partial charge < -0.3 is 5.32 Å². The van der Waals surface area contributed by atoms with E-state index in [2.05, 4.69) is 51.0 Å². The molecule has 0 saturated carbocycles. The minimum atomic E-state index is 0.197. The Morgan fingerprint density at radius 2 is 2.00 bits per heavy atom. The molecule has 2 nitrogen and oxygen atoms in total. The Hall–Kier alpha value is -0.890. The SMILES string of the molecule is Cc1cncc(C(C)(C)CCNCC(C)C)c1. The molecular formula is C15H26N2. The molecule has 2 heteroatoms. The predicted octanol–water partition coefficient (Wildman–Crippen LogP) is 3.30. The summed E-state index contributed by atoms with van der Waals surface area (Å²) < 4.78 is 0. The first-order valence-corrected chi connectivity index (χ1v) is 6.54. The maximum Gasteiger partial charge on any atom is 0.0305 e. The van der Waals surface area contributed by atoms with E-state index < -0.39 is 0 Å². The van der Waals surface area contributed by atoms with E-state index in [1.807, 2.05) is 12.4 Å². The Bertz CT molecular complexity index is 343. The van der Waals surface area contributed by atoms with Crippen LogP contribution in [-0.2, 0) is 5.41 Å². The van der Waals surface area contributed by atoms with E-state index in [4.69, 9.17) is 0 Å². The Balaban J connectivity index is 2.50. The summed E-state index contributed by atoms with van der Waals surface area (Å²) in [6.07, 6.45) is 5.05. The van der Waals surface area contributed by atoms with Crippen LogP contribution in [-0.4, -0.2) is 18.1 Å². The van der Waals surface area contributed by atoms with Gasteiger partial charge >= 0.3 is 0 Å². The van der Waals surface area contributed by atoms with Crippen molar-refractivity contribution in [1.29, 1.82) is 0 Å². The Morgan fingerprint density at radius 3 is 2.59 bits per heavy atom. The maximum absolute atomic E-state index is 4.29. The van der Waals surface area contributed by atoms with Crippen molar-refractivity contribution >= 4 is 0 Å². The predicted molar refractivity (Wildman–Crippen MR) is 74.3 cm³/mol. The van der Waals surface area contributed by atoms with Crippen molar-refractivity contribution in [1.82, 2.24) is 10.3 Å². The van der Waals surface area contributed by atoms with E-state index >= 15 is 0 Å². The van der Waals surface area contributed by atoms with Crippen LogP contribution in [0.15, 0.2) is 18.5 Å². The molecule has 1 aromatic rings. The third kappa shape index (κ3) is 4.86. The first kappa shape index (κ1) is 14.2. The zero-order valence-electron chi connectivity index (χ0n) is 11.9. The summed E-state index contributed by atoms with van der Waals surface area (Å²) >= 11 is 0. The highest BCUT2D eigenvalue weighted by Gasteiger charge is 2.20. The van der Waals surface area contributed by atoms with E-state index in [9.17, 15) is 0 Å². The largest absolute Gasteiger partial charge is 0.316 e. The zero-order chi connectivity index (χ0) is 12.9. The number of rotatable bonds is 6. The number of nitrogens with one attached hydrogen (secondary N) is 1. The van der Waals surface area contributed by atoms with Crippen LogP contribution in [0.5, 0.6) is 0 Å². The Morgan fingerprint density at radius 1 is 1.29 bits per heavy atom. The van der Waals surface area contributed by atoms with Crippen molar-refractivity contribution < 1.29 is 0 Å². The molecule has 17 heavy (non-hydrogen) atoms. The van der Waals surface area contributed by atoms with Crippen LogP contribution in [0, 0.1) is 12.8 Å². The highest BCUT2D eigenvalue weighted by atomic mass is 14.9. The fourth-order valence-corrected chi connectivity index (χ4v) is 1.86. The Kier molecular flexibility index (Phi) is 5.13. The monoisotopic (exact) mass is 234 g/mol. The van der Waals surface area contributed by atoms with Gasteiger partial charge in [0.25, 0.3) is 0 Å². The van der Waals surface area contributed by atoms with Crippen LogP contribution in [0.1, 0.15) is 45.2 Å². The molecule has 0 bridgehead atoms. The first-order valence-electron chi connectivity index (χ1n) is 6.54. The van der Waals surface area contributed by atoms with Crippen LogP contribution in [0.4, 0.5) is 0 Å². The minimum Gasteiger partial charge on any atom is -0.316 e. The van der Waals surface area contributed by atoms with Crippen LogP contribution in [0.3, 0.4) is 0 Å². The maximum atomic E-state index is 4.29. The smallest absolute Gasteiger partial charge is 0.0305 e. The highest BCUT2D eigenvalue weighted by molar-refractivity contribution is 5.24. The Labute approximate surface area is 106 Å². The molecule has 0 spiro atoms. The van der Waals surface area contributed by atoms with Gasteiger partial charge in [0.05, 0.1) is 0 Å². The molecule has 0 saturated heterocycles. The summed E-state index contributed by atoms with van der Waals surface area (Å²) in [6.45, 7) is 13.3. The van der Waals surface area contributed by atoms with Crippen molar-refractivity contribution in [2.24, 2.45) is 5.92 Å². The van der Waals surface area contributed by atoms with Gasteiger partial charge in [-0.3, -0.25) is 4.98 Å². The fraction of sp³-hybridized carbons (Fsp3) is 0.667. The quantitative estimate of drug-likeness (QED) is 0.764. The van der Waals surface area contributed by atoms with Gasteiger partial charge in [0.15, 0.2) is 0 Å². The van der Waals surface area contributed by atoms with Crippen molar-refractivity contribution in [3.63, 3.8) is 0 Å². The minimum absolute atomic E-state index is 0.197. The average Bonchev–Trinajstić information content (AvgIpc) is 2.24. The summed E-state index contributed by atoms with van der Waals surface area (Å²) in [7, 11) is 0. The molecule has 0 aliphatic carbocycles. The van der Waals surface area contributed by atoms with Crippen LogP contribution in [0.2, 0.25) is 0 Å². The highest BCUT2D eigenvalue weighted by Crippen LogP contribution is 2.26. The molecule has 96 valence electrons. The summed E-state index contributed by atoms with van der Waals surface area (Å²) in [4.78, 5) is 4.29. The van der Waals surface area contributed by atoms with Gasteiger partial charge in [-0.1, -0.05) is 33.8 Å². The van der Waals surface area contributed by atoms with E-state index in [1.54, 1.807) is 0 Å². The number of aromatic nitrogens is 1. The molecule has 1 N–H and O–H groups in total. The van der Waals surface area contributed by atoms with Crippen LogP contribution in [0.25, 0.3) is 0 Å². The zero-order valence-corrected chi connectivity index (χ0v) is 11.9. The van der Waals surface area contributed by atoms with Gasteiger partial charge in [-0.15, -0.1) is 0 Å². The van der Waals surface area contributed by atoms with Crippen LogP contribution < -0.4 is 5.32 Å². The van der Waals surface area contributed by atoms with Gasteiger partial charge in [-0.25, -0.2) is 0 Å². The first-order chi connectivity index (χ1) is 7.92. The summed E-state index contributed by atoms with van der Waals surface area (Å²) in [5.41, 5.74) is 2.78. The van der Waals surface area contributed by atoms with Crippen molar-refractivity contribution in [2.75, 3.05) is 13.1 Å². The number of pyridine rings is 1. The van der Waals surface area contributed by atoms with Gasteiger partial charge in [0.1, 0.15) is 0 Å². The second kappa shape index (κ2) is 6.15. The van der Waals surface area contributed by atoms with Crippen molar-refractivity contribution in [3.8, 4) is 0 Å². The lowest BCUT2D eigenvalue weighted by atomic mass is 9.82. The van der Waals surface area contributed by atoms with Crippen molar-refractivity contribution in [3.05, 3.63) is 29.6 Å². The van der Waals surface area contributed by atoms with E-state index in [-0.39, 0.29) is 5.41 Å². The fourth-order valence-electron chi connectivity index (χ4n) is 1.86. The third-order valence-corrected chi connectivity index (χ3v) is 3.14. The lowest BCUT2D eigenvalue weighted by Crippen LogP contribution is -2.27. The molecule has 0 unspecified atom stereocenters. The molecule has 0 aliphatic rings. The molecule has 0 radical (unpaired) electrons. The molecule has 0 aromatic carbocycles. The number of hydrogen-bond acceptors (Lipinski definition) is 2. The second-order valence-corrected chi connectivity index (χ2v) is 5.98. The molecule has 0 fully saturated rings. The molecule has 0 amide bonds. The molecule has 1 heterocycles. The van der Waals surface area contributed by atoms with Crippen LogP contribution >= 0.6 is 0 Å². The molecule has 1 aromatic heterocycles. The molecule has 0 atom stereocenters. The topological polar surface area (TPSA) is 24.9 Å². The van der Waals surface area contributed by atoms with Gasteiger partial charge in [-0.05, 0) is 48.9 Å². The molecule has 0 aliphatic heterocycles. The molecule has 1 rings (SSSR count). The number of nitrogens with zero attached hydrogens (tertiary/aromatic N) is 1. The number of aryl methyl sites for hydroxylation is 1.